The van der Waals surface area contributed by atoms with Gasteiger partial charge in [0.25, 0.3) is 0 Å². The van der Waals surface area contributed by atoms with Gasteiger partial charge in [0.2, 0.25) is 0 Å². The van der Waals surface area contributed by atoms with Gasteiger partial charge in [-0.3, -0.25) is 0 Å². The molecule has 0 aliphatic carbocycles. The minimum Gasteiger partial charge on any atom is -0.478 e. The van der Waals surface area contributed by atoms with Gasteiger partial charge >= 0.3 is 5.97 Å². The number of carboxylic acids is 1. The molecule has 1 heterocycles. The molecule has 0 aromatic carbocycles. The Labute approximate surface area is 91.5 Å². The van der Waals surface area contributed by atoms with Gasteiger partial charge < -0.3 is 5.11 Å². The maximum atomic E-state index is 10.6. The minimum atomic E-state index is -1.01. The molecule has 76 valence electrons. The normalized spacial score (nSPS) is 10.1. The van der Waals surface area contributed by atoms with Crippen molar-refractivity contribution in [3.63, 3.8) is 0 Å². The van der Waals surface area contributed by atoms with Crippen molar-refractivity contribution in [2.24, 2.45) is 0 Å². The first-order valence-corrected chi connectivity index (χ1v) is 5.53. The molecular weight excluding hydrogens is 222 g/mol. The Morgan fingerprint density at radius 2 is 2.43 bits per heavy atom. The van der Waals surface area contributed by atoms with Crippen molar-refractivity contribution < 1.29 is 9.90 Å². The van der Waals surface area contributed by atoms with E-state index in [0.717, 1.165) is 12.2 Å². The van der Waals surface area contributed by atoms with E-state index in [-0.39, 0.29) is 5.56 Å². The van der Waals surface area contributed by atoms with Crippen LogP contribution in [0.2, 0.25) is 5.02 Å². The highest BCUT2D eigenvalue weighted by Crippen LogP contribution is 2.25. The second kappa shape index (κ2) is 5.22. The zero-order valence-corrected chi connectivity index (χ0v) is 9.23. The monoisotopic (exact) mass is 231 g/mol. The van der Waals surface area contributed by atoms with Crippen LogP contribution in [-0.4, -0.2) is 21.8 Å². The number of carbonyl (C=O) groups is 1. The van der Waals surface area contributed by atoms with Gasteiger partial charge in [-0.2, -0.15) is 0 Å². The SMILES string of the molecule is CCCSc1ncc(C(=O)O)cc1Cl. The molecule has 0 bridgehead atoms. The van der Waals surface area contributed by atoms with Crippen molar-refractivity contribution >= 4 is 29.3 Å². The Morgan fingerprint density at radius 3 is 2.93 bits per heavy atom. The van der Waals surface area contributed by atoms with Crippen LogP contribution in [-0.2, 0) is 0 Å². The standard InChI is InChI=1S/C9H10ClNO2S/c1-2-3-14-8-7(10)4-6(5-11-8)9(12)13/h4-5H,2-3H2,1H3,(H,12,13). The number of nitrogens with zero attached hydrogens (tertiary/aromatic N) is 1. The quantitative estimate of drug-likeness (QED) is 0.810. The second-order valence-electron chi connectivity index (χ2n) is 2.66. The molecule has 0 radical (unpaired) electrons. The zero-order valence-electron chi connectivity index (χ0n) is 7.66. The lowest BCUT2D eigenvalue weighted by atomic mass is 10.3. The lowest BCUT2D eigenvalue weighted by Crippen LogP contribution is -1.97. The number of pyridine rings is 1. The molecule has 14 heavy (non-hydrogen) atoms. The highest BCUT2D eigenvalue weighted by atomic mass is 35.5. The molecule has 0 unspecified atom stereocenters. The van der Waals surface area contributed by atoms with Crippen LogP contribution in [0, 0.1) is 0 Å². The number of aromatic nitrogens is 1. The highest BCUT2D eigenvalue weighted by molar-refractivity contribution is 7.99. The predicted molar refractivity (Wildman–Crippen MR) is 57.2 cm³/mol. The van der Waals surface area contributed by atoms with E-state index in [9.17, 15) is 4.79 Å². The molecule has 0 fully saturated rings. The Bertz CT molecular complexity index is 344. The third-order valence-electron chi connectivity index (χ3n) is 1.50. The molecule has 1 N–H and O–H groups in total. The molecule has 1 aromatic rings. The van der Waals surface area contributed by atoms with Crippen LogP contribution in [0.5, 0.6) is 0 Å². The topological polar surface area (TPSA) is 50.2 Å². The molecule has 0 saturated heterocycles. The van der Waals surface area contributed by atoms with E-state index in [4.69, 9.17) is 16.7 Å². The Hall–Kier alpha value is -0.740. The summed E-state index contributed by atoms with van der Waals surface area (Å²) in [6, 6.07) is 1.43. The maximum Gasteiger partial charge on any atom is 0.337 e. The highest BCUT2D eigenvalue weighted by Gasteiger charge is 2.08. The molecule has 0 spiro atoms. The summed E-state index contributed by atoms with van der Waals surface area (Å²) in [5.74, 6) is -0.0782. The molecule has 0 atom stereocenters. The smallest absolute Gasteiger partial charge is 0.337 e. The van der Waals surface area contributed by atoms with Crippen molar-refractivity contribution in [2.45, 2.75) is 18.4 Å². The number of aromatic carboxylic acids is 1. The summed E-state index contributed by atoms with van der Waals surface area (Å²) in [4.78, 5) is 14.6. The van der Waals surface area contributed by atoms with Crippen LogP contribution in [0.4, 0.5) is 0 Å². The minimum absolute atomic E-state index is 0.121. The molecule has 5 heteroatoms. The molecule has 0 saturated carbocycles. The molecule has 0 amide bonds. The summed E-state index contributed by atoms with van der Waals surface area (Å²) >= 11 is 7.39. The molecular formula is C9H10ClNO2S. The fourth-order valence-corrected chi connectivity index (χ4v) is 1.90. The van der Waals surface area contributed by atoms with E-state index >= 15 is 0 Å². The molecule has 3 nitrogen and oxygen atoms in total. The second-order valence-corrected chi connectivity index (χ2v) is 4.16. The number of halogens is 1. The van der Waals surface area contributed by atoms with Gasteiger partial charge in [-0.05, 0) is 18.2 Å². The van der Waals surface area contributed by atoms with Crippen LogP contribution in [0.1, 0.15) is 23.7 Å². The third-order valence-corrected chi connectivity index (χ3v) is 3.11. The first-order valence-electron chi connectivity index (χ1n) is 4.16. The van der Waals surface area contributed by atoms with Gasteiger partial charge in [-0.1, -0.05) is 18.5 Å². The summed E-state index contributed by atoms with van der Waals surface area (Å²) in [5.41, 5.74) is 0.121. The number of rotatable bonds is 4. The number of thioether (sulfide) groups is 1. The summed E-state index contributed by atoms with van der Waals surface area (Å²) in [5, 5.41) is 9.77. The fraction of sp³-hybridized carbons (Fsp3) is 0.333. The van der Waals surface area contributed by atoms with Crippen molar-refractivity contribution in [1.29, 1.82) is 0 Å². The first kappa shape index (κ1) is 11.3. The van der Waals surface area contributed by atoms with E-state index in [1.807, 2.05) is 0 Å². The molecule has 1 aromatic heterocycles. The van der Waals surface area contributed by atoms with E-state index < -0.39 is 5.97 Å². The van der Waals surface area contributed by atoms with Gasteiger partial charge in [-0.15, -0.1) is 11.8 Å². The summed E-state index contributed by atoms with van der Waals surface area (Å²) < 4.78 is 0. The van der Waals surface area contributed by atoms with Crippen molar-refractivity contribution in [1.82, 2.24) is 4.98 Å². The Kier molecular flexibility index (Phi) is 4.22. The van der Waals surface area contributed by atoms with Crippen molar-refractivity contribution in [3.8, 4) is 0 Å². The van der Waals surface area contributed by atoms with Gasteiger partial charge in [0.15, 0.2) is 0 Å². The summed E-state index contributed by atoms with van der Waals surface area (Å²) in [6.45, 7) is 2.06. The fourth-order valence-electron chi connectivity index (χ4n) is 0.847. The maximum absolute atomic E-state index is 10.6. The lowest BCUT2D eigenvalue weighted by molar-refractivity contribution is 0.0696. The van der Waals surface area contributed by atoms with Crippen molar-refractivity contribution in [3.05, 3.63) is 22.8 Å². The summed E-state index contributed by atoms with van der Waals surface area (Å²) in [7, 11) is 0. The van der Waals surface area contributed by atoms with Gasteiger partial charge in [0, 0.05) is 6.20 Å². The van der Waals surface area contributed by atoms with E-state index in [0.29, 0.717) is 10.0 Å². The van der Waals surface area contributed by atoms with Crippen LogP contribution in [0.3, 0.4) is 0 Å². The number of hydrogen-bond acceptors (Lipinski definition) is 3. The van der Waals surface area contributed by atoms with E-state index in [1.165, 1.54) is 24.0 Å². The number of carboxylic acid groups (broad SMARTS) is 1. The lowest BCUT2D eigenvalue weighted by Gasteiger charge is -2.02. The van der Waals surface area contributed by atoms with E-state index in [2.05, 4.69) is 11.9 Å². The Morgan fingerprint density at radius 1 is 1.71 bits per heavy atom. The average molecular weight is 232 g/mol. The molecule has 0 aliphatic rings. The third kappa shape index (κ3) is 2.89. The largest absolute Gasteiger partial charge is 0.478 e. The average Bonchev–Trinajstić information content (AvgIpc) is 2.15. The van der Waals surface area contributed by atoms with Crippen LogP contribution in [0.25, 0.3) is 0 Å². The van der Waals surface area contributed by atoms with Gasteiger partial charge in [0.05, 0.1) is 10.6 Å². The van der Waals surface area contributed by atoms with Gasteiger partial charge in [-0.25, -0.2) is 9.78 Å². The van der Waals surface area contributed by atoms with Crippen LogP contribution < -0.4 is 0 Å². The van der Waals surface area contributed by atoms with Crippen LogP contribution >= 0.6 is 23.4 Å². The van der Waals surface area contributed by atoms with Crippen molar-refractivity contribution in [2.75, 3.05) is 5.75 Å². The zero-order chi connectivity index (χ0) is 10.6. The van der Waals surface area contributed by atoms with Crippen LogP contribution in [0.15, 0.2) is 17.3 Å². The number of hydrogen-bond donors (Lipinski definition) is 1. The van der Waals surface area contributed by atoms with Gasteiger partial charge in [0.1, 0.15) is 5.03 Å². The molecule has 1 rings (SSSR count). The Balaban J connectivity index is 2.84. The van der Waals surface area contributed by atoms with E-state index in [1.54, 1.807) is 0 Å². The molecule has 0 aliphatic heterocycles. The first-order chi connectivity index (χ1) is 6.65. The summed E-state index contributed by atoms with van der Waals surface area (Å²) in [6.07, 6.45) is 2.36. The predicted octanol–water partition coefficient (Wildman–Crippen LogP) is 2.94.